The molecule has 0 saturated carbocycles. The smallest absolute Gasteiger partial charge is 0.0640 e. The first-order valence-corrected chi connectivity index (χ1v) is 5.28. The average molecular weight is 238 g/mol. The van der Waals surface area contributed by atoms with Gasteiger partial charge in [-0.2, -0.15) is 0 Å². The summed E-state index contributed by atoms with van der Waals surface area (Å²) in [4.78, 5) is 0. The van der Waals surface area contributed by atoms with E-state index in [0.29, 0.717) is 10.0 Å². The molecule has 0 atom stereocenters. The Balaban J connectivity index is 2.26. The molecule has 0 amide bonds. The lowest BCUT2D eigenvalue weighted by Crippen LogP contribution is -1.90. The van der Waals surface area contributed by atoms with Crippen molar-refractivity contribution in [1.29, 1.82) is 0 Å². The molecule has 0 unspecified atom stereocenters. The van der Waals surface area contributed by atoms with Gasteiger partial charge in [-0.3, -0.25) is 0 Å². The van der Waals surface area contributed by atoms with E-state index in [1.165, 1.54) is 0 Å². The van der Waals surface area contributed by atoms with Crippen molar-refractivity contribution in [1.82, 2.24) is 0 Å². The fourth-order valence-corrected chi connectivity index (χ4v) is 1.66. The number of hydrogen-bond donors (Lipinski definition) is 1. The number of anilines is 2. The summed E-state index contributed by atoms with van der Waals surface area (Å²) in [5.74, 6) is 0. The van der Waals surface area contributed by atoms with Gasteiger partial charge < -0.3 is 5.32 Å². The van der Waals surface area contributed by atoms with E-state index >= 15 is 0 Å². The monoisotopic (exact) mass is 237 g/mol. The molecule has 0 aromatic heterocycles. The number of benzene rings is 2. The molecule has 3 heteroatoms. The molecule has 0 spiro atoms. The summed E-state index contributed by atoms with van der Waals surface area (Å²) >= 11 is 11.9. The van der Waals surface area contributed by atoms with Crippen LogP contribution in [0.25, 0.3) is 0 Å². The molecule has 2 rings (SSSR count). The van der Waals surface area contributed by atoms with Crippen LogP contribution in [-0.4, -0.2) is 0 Å². The van der Waals surface area contributed by atoms with Crippen LogP contribution in [0, 0.1) is 0 Å². The average Bonchev–Trinajstić information content (AvgIpc) is 2.22. The van der Waals surface area contributed by atoms with Crippen LogP contribution in [0.15, 0.2) is 48.5 Å². The minimum absolute atomic E-state index is 0.692. The Bertz CT molecular complexity index is 469. The highest BCUT2D eigenvalue weighted by atomic mass is 35.5. The second-order valence-electron chi connectivity index (χ2n) is 3.12. The van der Waals surface area contributed by atoms with Crippen molar-refractivity contribution < 1.29 is 0 Å². The van der Waals surface area contributed by atoms with Gasteiger partial charge in [-0.15, -0.1) is 0 Å². The fourth-order valence-electron chi connectivity index (χ4n) is 1.28. The summed E-state index contributed by atoms with van der Waals surface area (Å²) in [5.41, 5.74) is 1.80. The molecule has 1 N–H and O–H groups in total. The zero-order valence-corrected chi connectivity index (χ0v) is 9.39. The van der Waals surface area contributed by atoms with Crippen molar-refractivity contribution >= 4 is 34.6 Å². The minimum atomic E-state index is 0.692. The maximum atomic E-state index is 6.02. The Morgan fingerprint density at radius 3 is 2.40 bits per heavy atom. The van der Waals surface area contributed by atoms with E-state index in [0.717, 1.165) is 11.4 Å². The van der Waals surface area contributed by atoms with Crippen LogP contribution in [0.1, 0.15) is 0 Å². The van der Waals surface area contributed by atoms with Crippen LogP contribution < -0.4 is 5.32 Å². The van der Waals surface area contributed by atoms with Crippen LogP contribution >= 0.6 is 23.2 Å². The van der Waals surface area contributed by atoms with E-state index in [1.807, 2.05) is 48.5 Å². The van der Waals surface area contributed by atoms with Gasteiger partial charge in [-0.25, -0.2) is 0 Å². The van der Waals surface area contributed by atoms with Gasteiger partial charge in [0.2, 0.25) is 0 Å². The molecular formula is C12H9Cl2N. The van der Waals surface area contributed by atoms with Gasteiger partial charge in [0, 0.05) is 10.7 Å². The lowest BCUT2D eigenvalue weighted by Gasteiger charge is -2.07. The zero-order chi connectivity index (χ0) is 10.7. The maximum absolute atomic E-state index is 6.02. The first-order valence-electron chi connectivity index (χ1n) is 4.53. The van der Waals surface area contributed by atoms with Crippen LogP contribution in [0.3, 0.4) is 0 Å². The Hall–Kier alpha value is -1.18. The normalized spacial score (nSPS) is 10.0. The maximum Gasteiger partial charge on any atom is 0.0640 e. The molecule has 15 heavy (non-hydrogen) atoms. The van der Waals surface area contributed by atoms with Crippen molar-refractivity contribution in [2.45, 2.75) is 0 Å². The topological polar surface area (TPSA) is 12.0 Å². The quantitative estimate of drug-likeness (QED) is 0.796. The highest BCUT2D eigenvalue weighted by molar-refractivity contribution is 6.33. The molecule has 0 bridgehead atoms. The molecule has 0 radical (unpaired) electrons. The lowest BCUT2D eigenvalue weighted by atomic mass is 10.2. The molecule has 2 aromatic carbocycles. The van der Waals surface area contributed by atoms with Crippen LogP contribution in [0.5, 0.6) is 0 Å². The van der Waals surface area contributed by atoms with E-state index in [2.05, 4.69) is 5.32 Å². The van der Waals surface area contributed by atoms with Gasteiger partial charge in [-0.1, -0.05) is 41.4 Å². The van der Waals surface area contributed by atoms with E-state index in [9.17, 15) is 0 Å². The van der Waals surface area contributed by atoms with Crippen molar-refractivity contribution in [2.24, 2.45) is 0 Å². The van der Waals surface area contributed by atoms with Crippen molar-refractivity contribution in [3.05, 3.63) is 58.6 Å². The standard InChI is InChI=1S/C12H9Cl2N/c13-9-4-3-5-10(8-9)15-12-7-2-1-6-11(12)14/h1-8,15H. The van der Waals surface area contributed by atoms with Gasteiger partial charge in [0.05, 0.1) is 10.7 Å². The van der Waals surface area contributed by atoms with Crippen molar-refractivity contribution in [3.63, 3.8) is 0 Å². The lowest BCUT2D eigenvalue weighted by molar-refractivity contribution is 1.55. The fraction of sp³-hybridized carbons (Fsp3) is 0. The van der Waals surface area contributed by atoms with Crippen LogP contribution in [0.4, 0.5) is 11.4 Å². The highest BCUT2D eigenvalue weighted by Crippen LogP contribution is 2.25. The Morgan fingerprint density at radius 1 is 0.867 bits per heavy atom. The van der Waals surface area contributed by atoms with E-state index < -0.39 is 0 Å². The zero-order valence-electron chi connectivity index (χ0n) is 7.87. The third kappa shape index (κ3) is 2.65. The first kappa shape index (κ1) is 10.3. The molecule has 0 fully saturated rings. The SMILES string of the molecule is Clc1cccc(Nc2ccccc2Cl)c1. The van der Waals surface area contributed by atoms with Crippen LogP contribution in [-0.2, 0) is 0 Å². The van der Waals surface area contributed by atoms with E-state index in [4.69, 9.17) is 23.2 Å². The van der Waals surface area contributed by atoms with Gasteiger partial charge in [0.15, 0.2) is 0 Å². The Labute approximate surface area is 98.6 Å². The summed E-state index contributed by atoms with van der Waals surface area (Å²) in [5, 5.41) is 4.59. The van der Waals surface area contributed by atoms with Gasteiger partial charge in [0.25, 0.3) is 0 Å². The summed E-state index contributed by atoms with van der Waals surface area (Å²) in [7, 11) is 0. The third-order valence-electron chi connectivity index (χ3n) is 1.98. The van der Waals surface area contributed by atoms with Gasteiger partial charge in [0.1, 0.15) is 0 Å². The third-order valence-corrected chi connectivity index (χ3v) is 2.54. The predicted octanol–water partition coefficient (Wildman–Crippen LogP) is 4.74. The molecule has 0 aliphatic rings. The molecule has 0 saturated heterocycles. The summed E-state index contributed by atoms with van der Waals surface area (Å²) in [6.45, 7) is 0. The van der Waals surface area contributed by atoms with Crippen molar-refractivity contribution in [2.75, 3.05) is 5.32 Å². The Morgan fingerprint density at radius 2 is 1.67 bits per heavy atom. The highest BCUT2D eigenvalue weighted by Gasteiger charge is 1.99. The molecule has 0 aliphatic heterocycles. The Kier molecular flexibility index (Phi) is 3.14. The van der Waals surface area contributed by atoms with E-state index in [1.54, 1.807) is 0 Å². The molecular weight excluding hydrogens is 229 g/mol. The summed E-state index contributed by atoms with van der Waals surface area (Å²) < 4.78 is 0. The first-order chi connectivity index (χ1) is 7.25. The summed E-state index contributed by atoms with van der Waals surface area (Å²) in [6, 6.07) is 15.1. The predicted molar refractivity (Wildman–Crippen MR) is 66.2 cm³/mol. The molecule has 2 aromatic rings. The molecule has 76 valence electrons. The van der Waals surface area contributed by atoms with Gasteiger partial charge in [-0.05, 0) is 30.3 Å². The number of halogens is 2. The second kappa shape index (κ2) is 4.56. The largest absolute Gasteiger partial charge is 0.354 e. The number of para-hydroxylation sites is 1. The number of nitrogens with one attached hydrogen (secondary N) is 1. The van der Waals surface area contributed by atoms with Crippen molar-refractivity contribution in [3.8, 4) is 0 Å². The van der Waals surface area contributed by atoms with Gasteiger partial charge >= 0.3 is 0 Å². The summed E-state index contributed by atoms with van der Waals surface area (Å²) in [6.07, 6.45) is 0. The van der Waals surface area contributed by atoms with Crippen LogP contribution in [0.2, 0.25) is 10.0 Å². The molecule has 0 aliphatic carbocycles. The number of rotatable bonds is 2. The molecule has 1 nitrogen and oxygen atoms in total. The number of hydrogen-bond acceptors (Lipinski definition) is 1. The molecule has 0 heterocycles. The second-order valence-corrected chi connectivity index (χ2v) is 3.96. The van der Waals surface area contributed by atoms with E-state index in [-0.39, 0.29) is 0 Å². The minimum Gasteiger partial charge on any atom is -0.354 e.